The molecule has 0 aliphatic rings. The van der Waals surface area contributed by atoms with Crippen molar-refractivity contribution in [2.75, 3.05) is 0 Å². The van der Waals surface area contributed by atoms with E-state index in [1.807, 2.05) is 0 Å². The first kappa shape index (κ1) is 23.2. The Labute approximate surface area is 198 Å². The average Bonchev–Trinajstić information content (AvgIpc) is 2.81. The standard InChI is InChI=1S/C24H15ClFN3O4S/c1-15-5-4-12-29-22(15)28-23(33-21-7-3-2-6-20(21)26)19(24(29)30)13-18(14-27)34(31,32)17-10-8-16(25)9-11-17/h2-13H,1H3/b18-13+. The Kier molecular flexibility index (Phi) is 6.20. The maximum absolute atomic E-state index is 14.3. The maximum atomic E-state index is 14.3. The Hall–Kier alpha value is -4.00. The van der Waals surface area contributed by atoms with Gasteiger partial charge < -0.3 is 4.74 Å². The van der Waals surface area contributed by atoms with E-state index in [1.165, 1.54) is 53.1 Å². The number of ether oxygens (including phenoxy) is 1. The van der Waals surface area contributed by atoms with Crippen molar-refractivity contribution in [2.24, 2.45) is 0 Å². The second-order valence-corrected chi connectivity index (χ2v) is 9.49. The Bertz CT molecular complexity index is 1660. The SMILES string of the molecule is Cc1cccn2c(=O)c(/C=C(\C#N)S(=O)(=O)c3ccc(Cl)cc3)c(Oc3ccccc3F)nc12. The summed E-state index contributed by atoms with van der Waals surface area (Å²) < 4.78 is 47.2. The number of nitrogens with zero attached hydrogens (tertiary/aromatic N) is 3. The van der Waals surface area contributed by atoms with Gasteiger partial charge in [-0.1, -0.05) is 29.8 Å². The normalized spacial score (nSPS) is 11.9. The highest BCUT2D eigenvalue weighted by atomic mass is 35.5. The van der Waals surface area contributed by atoms with Crippen LogP contribution in [0.1, 0.15) is 11.1 Å². The number of aryl methyl sites for hydroxylation is 1. The molecule has 0 aliphatic carbocycles. The monoisotopic (exact) mass is 495 g/mol. The van der Waals surface area contributed by atoms with Crippen LogP contribution in [0.5, 0.6) is 11.6 Å². The minimum atomic E-state index is -4.31. The molecule has 4 aromatic rings. The fourth-order valence-electron chi connectivity index (χ4n) is 3.17. The Morgan fingerprint density at radius 2 is 1.85 bits per heavy atom. The minimum absolute atomic E-state index is 0.189. The number of rotatable bonds is 5. The summed E-state index contributed by atoms with van der Waals surface area (Å²) >= 11 is 5.83. The van der Waals surface area contributed by atoms with Crippen LogP contribution in [0.15, 0.2) is 81.5 Å². The van der Waals surface area contributed by atoms with Gasteiger partial charge in [0.15, 0.2) is 11.6 Å². The van der Waals surface area contributed by atoms with Crippen molar-refractivity contribution in [3.05, 3.63) is 104 Å². The molecule has 10 heteroatoms. The van der Waals surface area contributed by atoms with Crippen LogP contribution >= 0.6 is 11.6 Å². The van der Waals surface area contributed by atoms with Crippen molar-refractivity contribution in [3.8, 4) is 17.7 Å². The lowest BCUT2D eigenvalue weighted by molar-refractivity contribution is 0.426. The molecule has 0 atom stereocenters. The summed E-state index contributed by atoms with van der Waals surface area (Å²) in [5, 5.41) is 9.97. The maximum Gasteiger partial charge on any atom is 0.269 e. The lowest BCUT2D eigenvalue weighted by Gasteiger charge is -2.12. The van der Waals surface area contributed by atoms with E-state index in [0.717, 1.165) is 12.1 Å². The number of allylic oxidation sites excluding steroid dienone is 1. The fourth-order valence-corrected chi connectivity index (χ4v) is 4.43. The van der Waals surface area contributed by atoms with E-state index in [0.29, 0.717) is 10.6 Å². The third-order valence-corrected chi connectivity index (χ3v) is 6.82. The molecular formula is C24H15ClFN3O4S. The molecule has 0 radical (unpaired) electrons. The number of sulfone groups is 1. The number of hydrogen-bond donors (Lipinski definition) is 0. The molecule has 170 valence electrons. The van der Waals surface area contributed by atoms with Gasteiger partial charge in [-0.3, -0.25) is 9.20 Å². The van der Waals surface area contributed by atoms with Crippen LogP contribution in [0.25, 0.3) is 11.7 Å². The second kappa shape index (κ2) is 9.09. The smallest absolute Gasteiger partial charge is 0.269 e. The summed E-state index contributed by atoms with van der Waals surface area (Å²) in [5.41, 5.74) is -0.169. The summed E-state index contributed by atoms with van der Waals surface area (Å²) in [6, 6.07) is 15.7. The highest BCUT2D eigenvalue weighted by Crippen LogP contribution is 2.28. The van der Waals surface area contributed by atoms with Crippen LogP contribution in [0.4, 0.5) is 4.39 Å². The topological polar surface area (TPSA) is 102 Å². The molecule has 2 aromatic carbocycles. The molecule has 4 rings (SSSR count). The number of benzene rings is 2. The number of aromatic nitrogens is 2. The summed E-state index contributed by atoms with van der Waals surface area (Å²) in [6.07, 6.45) is 2.33. The fraction of sp³-hybridized carbons (Fsp3) is 0.0417. The second-order valence-electron chi connectivity index (χ2n) is 7.13. The van der Waals surface area contributed by atoms with E-state index in [-0.39, 0.29) is 27.7 Å². The largest absolute Gasteiger partial charge is 0.435 e. The minimum Gasteiger partial charge on any atom is -0.435 e. The molecule has 0 N–H and O–H groups in total. The molecule has 0 unspecified atom stereocenters. The van der Waals surface area contributed by atoms with Crippen LogP contribution in [0, 0.1) is 24.1 Å². The molecule has 0 aliphatic heterocycles. The van der Waals surface area contributed by atoms with Crippen molar-refractivity contribution in [2.45, 2.75) is 11.8 Å². The van der Waals surface area contributed by atoms with Crippen LogP contribution in [-0.2, 0) is 9.84 Å². The van der Waals surface area contributed by atoms with Crippen molar-refractivity contribution in [1.29, 1.82) is 5.26 Å². The van der Waals surface area contributed by atoms with E-state index in [9.17, 15) is 22.9 Å². The predicted octanol–water partition coefficient (Wildman–Crippen LogP) is 4.93. The summed E-state index contributed by atoms with van der Waals surface area (Å²) in [7, 11) is -4.31. The molecule has 0 amide bonds. The Morgan fingerprint density at radius 1 is 1.15 bits per heavy atom. The Balaban J connectivity index is 1.98. The Morgan fingerprint density at radius 3 is 2.53 bits per heavy atom. The average molecular weight is 496 g/mol. The predicted molar refractivity (Wildman–Crippen MR) is 125 cm³/mol. The van der Waals surface area contributed by atoms with E-state index in [1.54, 1.807) is 25.1 Å². The van der Waals surface area contributed by atoms with Crippen molar-refractivity contribution in [1.82, 2.24) is 9.38 Å². The summed E-state index contributed by atoms with van der Waals surface area (Å²) in [5.74, 6) is -1.27. The summed E-state index contributed by atoms with van der Waals surface area (Å²) in [6.45, 7) is 1.72. The van der Waals surface area contributed by atoms with Gasteiger partial charge in [0.2, 0.25) is 15.7 Å². The molecule has 0 fully saturated rings. The van der Waals surface area contributed by atoms with Crippen LogP contribution in [-0.4, -0.2) is 17.8 Å². The van der Waals surface area contributed by atoms with Gasteiger partial charge in [-0.25, -0.2) is 12.8 Å². The van der Waals surface area contributed by atoms with E-state index in [4.69, 9.17) is 16.3 Å². The van der Waals surface area contributed by atoms with Gasteiger partial charge >= 0.3 is 0 Å². The zero-order valence-corrected chi connectivity index (χ0v) is 19.1. The third kappa shape index (κ3) is 4.29. The lowest BCUT2D eigenvalue weighted by atomic mass is 10.2. The molecular weight excluding hydrogens is 481 g/mol. The zero-order chi connectivity index (χ0) is 24.5. The number of hydrogen-bond acceptors (Lipinski definition) is 6. The third-order valence-electron chi connectivity index (χ3n) is 4.89. The number of halogens is 2. The van der Waals surface area contributed by atoms with Crippen molar-refractivity contribution < 1.29 is 17.5 Å². The molecule has 0 saturated heterocycles. The van der Waals surface area contributed by atoms with Crippen molar-refractivity contribution in [3.63, 3.8) is 0 Å². The lowest BCUT2D eigenvalue weighted by Crippen LogP contribution is -2.20. The summed E-state index contributed by atoms with van der Waals surface area (Å²) in [4.78, 5) is 16.7. The first-order valence-corrected chi connectivity index (χ1v) is 11.7. The molecule has 34 heavy (non-hydrogen) atoms. The first-order valence-electron chi connectivity index (χ1n) is 9.79. The zero-order valence-electron chi connectivity index (χ0n) is 17.6. The van der Waals surface area contributed by atoms with Crippen LogP contribution in [0.3, 0.4) is 0 Å². The van der Waals surface area contributed by atoms with E-state index < -0.39 is 26.1 Å². The number of pyridine rings is 1. The van der Waals surface area contributed by atoms with E-state index >= 15 is 0 Å². The van der Waals surface area contributed by atoms with E-state index in [2.05, 4.69) is 4.98 Å². The highest BCUT2D eigenvalue weighted by molar-refractivity contribution is 7.95. The van der Waals surface area contributed by atoms with Crippen LogP contribution < -0.4 is 10.3 Å². The van der Waals surface area contributed by atoms with Gasteiger partial charge in [-0.2, -0.15) is 10.2 Å². The van der Waals surface area contributed by atoms with Gasteiger partial charge in [-0.15, -0.1) is 0 Å². The molecule has 7 nitrogen and oxygen atoms in total. The number of nitriles is 1. The van der Waals surface area contributed by atoms with Gasteiger partial charge in [0.05, 0.1) is 4.90 Å². The van der Waals surface area contributed by atoms with Gasteiger partial charge in [0.25, 0.3) is 5.56 Å². The molecule has 0 saturated carbocycles. The first-order chi connectivity index (χ1) is 16.2. The van der Waals surface area contributed by atoms with Crippen molar-refractivity contribution >= 4 is 33.2 Å². The van der Waals surface area contributed by atoms with Gasteiger partial charge in [0.1, 0.15) is 22.2 Å². The number of fused-ring (bicyclic) bond motifs is 1. The van der Waals surface area contributed by atoms with Crippen LogP contribution in [0.2, 0.25) is 5.02 Å². The molecule has 2 heterocycles. The molecule has 2 aromatic heterocycles. The highest BCUT2D eigenvalue weighted by Gasteiger charge is 2.24. The van der Waals surface area contributed by atoms with Gasteiger partial charge in [-0.05, 0) is 61.0 Å². The quantitative estimate of drug-likeness (QED) is 0.364. The number of para-hydroxylation sites is 1. The molecule has 0 spiro atoms. The molecule has 0 bridgehead atoms. The van der Waals surface area contributed by atoms with Gasteiger partial charge in [0, 0.05) is 11.2 Å².